The summed E-state index contributed by atoms with van der Waals surface area (Å²) in [6.45, 7) is 8.79. The van der Waals surface area contributed by atoms with Crippen LogP contribution in [0.2, 0.25) is 0 Å². The van der Waals surface area contributed by atoms with Crippen molar-refractivity contribution in [3.8, 4) is 5.75 Å². The summed E-state index contributed by atoms with van der Waals surface area (Å²) in [5.74, 6) is 1.67. The molecule has 1 fully saturated rings. The first kappa shape index (κ1) is 26.9. The van der Waals surface area contributed by atoms with Gasteiger partial charge >= 0.3 is 0 Å². The highest BCUT2D eigenvalue weighted by molar-refractivity contribution is 14.0. The summed E-state index contributed by atoms with van der Waals surface area (Å²) < 4.78 is 37.2. The smallest absolute Gasteiger partial charge is 0.216 e. The molecule has 0 radical (unpaired) electrons. The number of hydrogen-bond donors (Lipinski definition) is 1. The van der Waals surface area contributed by atoms with E-state index in [9.17, 15) is 8.42 Å². The molecule has 0 bridgehead atoms. The van der Waals surface area contributed by atoms with Crippen LogP contribution >= 0.6 is 24.0 Å². The van der Waals surface area contributed by atoms with Gasteiger partial charge in [0.1, 0.15) is 5.75 Å². The van der Waals surface area contributed by atoms with Crippen molar-refractivity contribution in [3.05, 3.63) is 29.3 Å². The van der Waals surface area contributed by atoms with Crippen LogP contribution in [-0.2, 0) is 21.3 Å². The molecular formula is C20H35IN4O4S. The maximum absolute atomic E-state index is 12.5. The van der Waals surface area contributed by atoms with Gasteiger partial charge in [0.05, 0.1) is 25.6 Å². The topological polar surface area (TPSA) is 83.5 Å². The van der Waals surface area contributed by atoms with Crippen molar-refractivity contribution < 1.29 is 17.9 Å². The Morgan fingerprint density at radius 1 is 1.23 bits per heavy atom. The highest BCUT2D eigenvalue weighted by Gasteiger charge is 2.28. The van der Waals surface area contributed by atoms with Crippen molar-refractivity contribution in [2.45, 2.75) is 33.4 Å². The van der Waals surface area contributed by atoms with Gasteiger partial charge in [-0.3, -0.25) is 4.99 Å². The Morgan fingerprint density at radius 2 is 1.90 bits per heavy atom. The van der Waals surface area contributed by atoms with Gasteiger partial charge in [0, 0.05) is 39.8 Å². The van der Waals surface area contributed by atoms with Crippen LogP contribution < -0.4 is 10.1 Å². The average molecular weight is 554 g/mol. The molecule has 0 spiro atoms. The molecule has 10 heteroatoms. The van der Waals surface area contributed by atoms with Gasteiger partial charge in [-0.1, -0.05) is 12.1 Å². The molecule has 0 amide bonds. The second-order valence-electron chi connectivity index (χ2n) is 7.33. The number of ether oxygens (including phenoxy) is 2. The molecule has 1 aromatic carbocycles. The molecule has 0 atom stereocenters. The van der Waals surface area contributed by atoms with Crippen LogP contribution in [0, 0.1) is 6.92 Å². The van der Waals surface area contributed by atoms with Crippen molar-refractivity contribution in [2.24, 2.45) is 4.99 Å². The second-order valence-corrected chi connectivity index (χ2v) is 9.41. The van der Waals surface area contributed by atoms with Gasteiger partial charge in [0.15, 0.2) is 5.96 Å². The monoisotopic (exact) mass is 554 g/mol. The lowest BCUT2D eigenvalue weighted by Crippen LogP contribution is -2.54. The third kappa shape index (κ3) is 7.86. The molecule has 0 unspecified atom stereocenters. The number of aliphatic imine (C=N–C) groups is 1. The van der Waals surface area contributed by atoms with Crippen LogP contribution in [0.25, 0.3) is 0 Å². The number of aryl methyl sites for hydroxylation is 1. The molecule has 0 aliphatic carbocycles. The standard InChI is InChI=1S/C20H34N4O4S.HI/c1-16(2)28-12-13-29(25,26)24-10-8-23(9-11-24)20(21-4)22-15-18-6-7-19(27-5)17(3)14-18;/h6-7,14,16H,8-13,15H2,1-5H3,(H,21,22);1H. The van der Waals surface area contributed by atoms with E-state index in [4.69, 9.17) is 9.47 Å². The number of benzene rings is 1. The van der Waals surface area contributed by atoms with E-state index in [0.717, 1.165) is 22.8 Å². The van der Waals surface area contributed by atoms with Crippen LogP contribution in [0.15, 0.2) is 23.2 Å². The molecule has 0 saturated carbocycles. The van der Waals surface area contributed by atoms with E-state index in [1.807, 2.05) is 32.9 Å². The minimum atomic E-state index is -3.29. The zero-order chi connectivity index (χ0) is 21.4. The molecule has 1 aromatic rings. The summed E-state index contributed by atoms with van der Waals surface area (Å²) >= 11 is 0. The molecule has 172 valence electrons. The van der Waals surface area contributed by atoms with Crippen molar-refractivity contribution in [1.82, 2.24) is 14.5 Å². The van der Waals surface area contributed by atoms with Gasteiger partial charge in [-0.05, 0) is 38.0 Å². The molecule has 8 nitrogen and oxygen atoms in total. The van der Waals surface area contributed by atoms with Crippen LogP contribution in [0.4, 0.5) is 0 Å². The minimum absolute atomic E-state index is 0. The highest BCUT2D eigenvalue weighted by atomic mass is 127. The van der Waals surface area contributed by atoms with Crippen molar-refractivity contribution >= 4 is 40.0 Å². The lowest BCUT2D eigenvalue weighted by atomic mass is 10.1. The van der Waals surface area contributed by atoms with Crippen molar-refractivity contribution in [2.75, 3.05) is 52.7 Å². The first-order valence-corrected chi connectivity index (χ1v) is 11.6. The molecule has 1 saturated heterocycles. The van der Waals surface area contributed by atoms with Gasteiger partial charge in [-0.2, -0.15) is 4.31 Å². The van der Waals surface area contributed by atoms with E-state index in [-0.39, 0.29) is 42.4 Å². The molecular weight excluding hydrogens is 519 g/mol. The fraction of sp³-hybridized carbons (Fsp3) is 0.650. The first-order valence-electron chi connectivity index (χ1n) is 9.95. The SMILES string of the molecule is CN=C(NCc1ccc(OC)c(C)c1)N1CCN(S(=O)(=O)CCOC(C)C)CC1.I. The summed E-state index contributed by atoms with van der Waals surface area (Å²) in [7, 11) is 0.118. The van der Waals surface area contributed by atoms with Crippen molar-refractivity contribution in [3.63, 3.8) is 0 Å². The maximum atomic E-state index is 12.5. The number of sulfonamides is 1. The molecule has 0 aromatic heterocycles. The van der Waals surface area contributed by atoms with Gasteiger partial charge in [0.25, 0.3) is 0 Å². The number of nitrogens with one attached hydrogen (secondary N) is 1. The normalized spacial score (nSPS) is 15.8. The summed E-state index contributed by atoms with van der Waals surface area (Å²) in [4.78, 5) is 6.45. The number of hydrogen-bond acceptors (Lipinski definition) is 5. The van der Waals surface area contributed by atoms with Gasteiger partial charge < -0.3 is 19.7 Å². The van der Waals surface area contributed by atoms with Gasteiger partial charge in [-0.25, -0.2) is 8.42 Å². The Labute approximate surface area is 198 Å². The van der Waals surface area contributed by atoms with Gasteiger partial charge in [-0.15, -0.1) is 24.0 Å². The summed E-state index contributed by atoms with van der Waals surface area (Å²) in [6, 6.07) is 6.07. The third-order valence-corrected chi connectivity index (χ3v) is 6.68. The largest absolute Gasteiger partial charge is 0.496 e. The Balaban J connectivity index is 0.00000450. The highest BCUT2D eigenvalue weighted by Crippen LogP contribution is 2.18. The van der Waals surface area contributed by atoms with E-state index in [0.29, 0.717) is 32.7 Å². The first-order chi connectivity index (χ1) is 13.8. The average Bonchev–Trinajstić information content (AvgIpc) is 2.68. The van der Waals surface area contributed by atoms with E-state index in [2.05, 4.69) is 21.3 Å². The third-order valence-electron chi connectivity index (χ3n) is 4.85. The number of methoxy groups -OCH3 is 1. The van der Waals surface area contributed by atoms with Crippen LogP contribution in [-0.4, -0.2) is 82.4 Å². The fourth-order valence-electron chi connectivity index (χ4n) is 3.26. The van der Waals surface area contributed by atoms with Crippen LogP contribution in [0.5, 0.6) is 5.75 Å². The van der Waals surface area contributed by atoms with E-state index in [1.165, 1.54) is 0 Å². The van der Waals surface area contributed by atoms with E-state index >= 15 is 0 Å². The summed E-state index contributed by atoms with van der Waals surface area (Å²) in [5, 5.41) is 3.37. The quantitative estimate of drug-likeness (QED) is 0.301. The number of halogens is 1. The summed E-state index contributed by atoms with van der Waals surface area (Å²) in [5.41, 5.74) is 2.22. The molecule has 1 aliphatic heterocycles. The Morgan fingerprint density at radius 3 is 2.43 bits per heavy atom. The zero-order valence-corrected chi connectivity index (χ0v) is 21.7. The van der Waals surface area contributed by atoms with Crippen LogP contribution in [0.3, 0.4) is 0 Å². The molecule has 30 heavy (non-hydrogen) atoms. The molecule has 1 heterocycles. The predicted molar refractivity (Wildman–Crippen MR) is 131 cm³/mol. The number of piperazine rings is 1. The Hall–Kier alpha value is -1.11. The Bertz CT molecular complexity index is 794. The number of rotatable bonds is 8. The van der Waals surface area contributed by atoms with E-state index in [1.54, 1.807) is 18.5 Å². The van der Waals surface area contributed by atoms with Gasteiger partial charge in [0.2, 0.25) is 10.0 Å². The fourth-order valence-corrected chi connectivity index (χ4v) is 4.54. The van der Waals surface area contributed by atoms with E-state index < -0.39 is 10.0 Å². The maximum Gasteiger partial charge on any atom is 0.216 e. The summed E-state index contributed by atoms with van der Waals surface area (Å²) in [6.07, 6.45) is 0.0333. The molecule has 1 N–H and O–H groups in total. The molecule has 2 rings (SSSR count). The van der Waals surface area contributed by atoms with Crippen LogP contribution in [0.1, 0.15) is 25.0 Å². The predicted octanol–water partition coefficient (Wildman–Crippen LogP) is 2.07. The minimum Gasteiger partial charge on any atom is -0.496 e. The zero-order valence-electron chi connectivity index (χ0n) is 18.6. The lowest BCUT2D eigenvalue weighted by molar-refractivity contribution is 0.0904. The Kier molecular flexibility index (Phi) is 11.4. The number of nitrogens with zero attached hydrogens (tertiary/aromatic N) is 3. The number of guanidine groups is 1. The lowest BCUT2D eigenvalue weighted by Gasteiger charge is -2.35. The second kappa shape index (κ2) is 12.7. The van der Waals surface area contributed by atoms with Crippen molar-refractivity contribution in [1.29, 1.82) is 0 Å². The molecule has 1 aliphatic rings.